The number of carbonyl (C=O) groups is 1. The number of carbonyl (C=O) groups excluding carboxylic acids is 1. The molecule has 1 aliphatic heterocycles. The molecule has 0 spiro atoms. The van der Waals surface area contributed by atoms with E-state index in [1.165, 1.54) is 36.1 Å². The third-order valence-corrected chi connectivity index (χ3v) is 5.10. The molecule has 22 heavy (non-hydrogen) atoms. The number of primary amides is 1. The maximum atomic E-state index is 11.8. The standard InChI is InChI=1S/C18H27N3O/c1-3-7-21(8-4-2)13-9-12-11-20-16-6-5-14(18(19)22)15(10-13)17(12)16/h5-6,12-13,20H,3-4,7-11H2,1-2H3,(H2,19,22)/t12-,13-/m1/s1. The molecule has 3 N–H and O–H groups in total. The maximum absolute atomic E-state index is 11.8. The fraction of sp³-hybridized carbons (Fsp3) is 0.611. The summed E-state index contributed by atoms with van der Waals surface area (Å²) in [7, 11) is 0. The van der Waals surface area contributed by atoms with Gasteiger partial charge < -0.3 is 16.0 Å². The van der Waals surface area contributed by atoms with Crippen LogP contribution in [0.25, 0.3) is 0 Å². The van der Waals surface area contributed by atoms with Crippen molar-refractivity contribution in [1.82, 2.24) is 4.90 Å². The second-order valence-electron chi connectivity index (χ2n) is 6.62. The number of rotatable bonds is 6. The van der Waals surface area contributed by atoms with Crippen LogP contribution < -0.4 is 11.1 Å². The monoisotopic (exact) mass is 301 g/mol. The summed E-state index contributed by atoms with van der Waals surface area (Å²) in [4.78, 5) is 14.4. The van der Waals surface area contributed by atoms with Gasteiger partial charge in [-0.05, 0) is 62.0 Å². The van der Waals surface area contributed by atoms with Crippen molar-refractivity contribution in [3.63, 3.8) is 0 Å². The van der Waals surface area contributed by atoms with Gasteiger partial charge in [0, 0.05) is 29.8 Å². The Bertz CT molecular complexity index is 564. The normalized spacial score (nSPS) is 22.5. The highest BCUT2D eigenvalue weighted by atomic mass is 16.1. The summed E-state index contributed by atoms with van der Waals surface area (Å²) in [6, 6.07) is 4.46. The Morgan fingerprint density at radius 2 is 2.05 bits per heavy atom. The fourth-order valence-electron chi connectivity index (χ4n) is 4.25. The number of amides is 1. The van der Waals surface area contributed by atoms with Crippen LogP contribution in [0.2, 0.25) is 0 Å². The molecule has 0 radical (unpaired) electrons. The SMILES string of the molecule is CCCN(CCC)[C@H]1Cc2c(C(N)=O)ccc3c2[C@@H](CN3)C1. The molecule has 1 aromatic rings. The number of anilines is 1. The minimum Gasteiger partial charge on any atom is -0.384 e. The lowest BCUT2D eigenvalue weighted by molar-refractivity contribution is 0.0997. The van der Waals surface area contributed by atoms with Gasteiger partial charge in [-0.1, -0.05) is 13.8 Å². The molecule has 0 bridgehead atoms. The molecular formula is C18H27N3O. The van der Waals surface area contributed by atoms with Crippen LogP contribution in [0.1, 0.15) is 60.5 Å². The zero-order valence-electron chi connectivity index (χ0n) is 13.7. The predicted molar refractivity (Wildman–Crippen MR) is 90.5 cm³/mol. The van der Waals surface area contributed by atoms with E-state index in [1.54, 1.807) is 0 Å². The molecule has 1 aromatic carbocycles. The van der Waals surface area contributed by atoms with Crippen LogP contribution in [0.4, 0.5) is 5.69 Å². The molecule has 0 unspecified atom stereocenters. The van der Waals surface area contributed by atoms with E-state index in [9.17, 15) is 4.79 Å². The molecule has 0 saturated carbocycles. The summed E-state index contributed by atoms with van der Waals surface area (Å²) in [6.07, 6.45) is 4.50. The van der Waals surface area contributed by atoms with Crippen molar-refractivity contribution in [1.29, 1.82) is 0 Å². The summed E-state index contributed by atoms with van der Waals surface area (Å²) in [6.45, 7) is 7.75. The summed E-state index contributed by atoms with van der Waals surface area (Å²) in [5, 5.41) is 3.50. The average Bonchev–Trinajstić information content (AvgIpc) is 2.91. The highest BCUT2D eigenvalue weighted by Crippen LogP contribution is 2.43. The van der Waals surface area contributed by atoms with E-state index in [4.69, 9.17) is 5.73 Å². The summed E-state index contributed by atoms with van der Waals surface area (Å²) < 4.78 is 0. The van der Waals surface area contributed by atoms with Crippen molar-refractivity contribution in [2.45, 2.75) is 51.5 Å². The highest BCUT2D eigenvalue weighted by molar-refractivity contribution is 5.96. The van der Waals surface area contributed by atoms with Gasteiger partial charge in [-0.2, -0.15) is 0 Å². The van der Waals surface area contributed by atoms with Gasteiger partial charge in [0.1, 0.15) is 0 Å². The van der Waals surface area contributed by atoms with Crippen LogP contribution in [0.3, 0.4) is 0 Å². The molecule has 1 heterocycles. The van der Waals surface area contributed by atoms with Crippen LogP contribution in [0.15, 0.2) is 12.1 Å². The number of hydrogen-bond acceptors (Lipinski definition) is 3. The Balaban J connectivity index is 1.95. The maximum Gasteiger partial charge on any atom is 0.248 e. The van der Waals surface area contributed by atoms with Crippen molar-refractivity contribution in [3.05, 3.63) is 28.8 Å². The van der Waals surface area contributed by atoms with Crippen molar-refractivity contribution in [2.24, 2.45) is 5.73 Å². The smallest absolute Gasteiger partial charge is 0.248 e. The Hall–Kier alpha value is -1.55. The van der Waals surface area contributed by atoms with Gasteiger partial charge in [0.15, 0.2) is 0 Å². The highest BCUT2D eigenvalue weighted by Gasteiger charge is 2.36. The van der Waals surface area contributed by atoms with Gasteiger partial charge in [0.2, 0.25) is 5.91 Å². The van der Waals surface area contributed by atoms with E-state index >= 15 is 0 Å². The fourth-order valence-corrected chi connectivity index (χ4v) is 4.25. The van der Waals surface area contributed by atoms with Crippen molar-refractivity contribution < 1.29 is 4.79 Å². The minimum atomic E-state index is -0.290. The van der Waals surface area contributed by atoms with Crippen LogP contribution in [0, 0.1) is 0 Å². The first-order valence-electron chi connectivity index (χ1n) is 8.59. The van der Waals surface area contributed by atoms with Gasteiger partial charge in [-0.15, -0.1) is 0 Å². The molecule has 2 atom stereocenters. The van der Waals surface area contributed by atoms with Crippen molar-refractivity contribution >= 4 is 11.6 Å². The van der Waals surface area contributed by atoms with Gasteiger partial charge in [-0.3, -0.25) is 4.79 Å². The Labute approximate surface area is 133 Å². The molecule has 1 amide bonds. The van der Waals surface area contributed by atoms with Crippen LogP contribution >= 0.6 is 0 Å². The molecule has 0 aromatic heterocycles. The Kier molecular flexibility index (Phi) is 4.39. The number of benzene rings is 1. The van der Waals surface area contributed by atoms with E-state index in [-0.39, 0.29) is 5.91 Å². The molecule has 4 nitrogen and oxygen atoms in total. The topological polar surface area (TPSA) is 58.4 Å². The second-order valence-corrected chi connectivity index (χ2v) is 6.62. The van der Waals surface area contributed by atoms with Crippen molar-refractivity contribution in [3.8, 4) is 0 Å². The number of nitrogens with zero attached hydrogens (tertiary/aromatic N) is 1. The molecule has 4 heteroatoms. The van der Waals surface area contributed by atoms with E-state index in [0.717, 1.165) is 31.6 Å². The lowest BCUT2D eigenvalue weighted by atomic mass is 9.78. The Morgan fingerprint density at radius 3 is 2.68 bits per heavy atom. The molecule has 1 aliphatic carbocycles. The molecule has 3 rings (SSSR count). The third-order valence-electron chi connectivity index (χ3n) is 5.10. The molecule has 0 saturated heterocycles. The molecule has 2 aliphatic rings. The zero-order valence-corrected chi connectivity index (χ0v) is 13.7. The first-order chi connectivity index (χ1) is 10.7. The lowest BCUT2D eigenvalue weighted by Gasteiger charge is -2.37. The quantitative estimate of drug-likeness (QED) is 0.849. The van der Waals surface area contributed by atoms with E-state index in [0.29, 0.717) is 12.0 Å². The number of hydrogen-bond donors (Lipinski definition) is 2. The van der Waals surface area contributed by atoms with Crippen LogP contribution in [0.5, 0.6) is 0 Å². The molecule has 0 fully saturated rings. The van der Waals surface area contributed by atoms with E-state index < -0.39 is 0 Å². The van der Waals surface area contributed by atoms with Crippen LogP contribution in [-0.4, -0.2) is 36.5 Å². The zero-order chi connectivity index (χ0) is 15.7. The summed E-state index contributed by atoms with van der Waals surface area (Å²) >= 11 is 0. The molecular weight excluding hydrogens is 274 g/mol. The first-order valence-corrected chi connectivity index (χ1v) is 8.59. The lowest BCUT2D eigenvalue weighted by Crippen LogP contribution is -2.42. The largest absolute Gasteiger partial charge is 0.384 e. The Morgan fingerprint density at radius 1 is 1.32 bits per heavy atom. The number of nitrogens with one attached hydrogen (secondary N) is 1. The van der Waals surface area contributed by atoms with Gasteiger partial charge >= 0.3 is 0 Å². The summed E-state index contributed by atoms with van der Waals surface area (Å²) in [5.41, 5.74) is 10.1. The van der Waals surface area contributed by atoms with Crippen molar-refractivity contribution in [2.75, 3.05) is 25.0 Å². The van der Waals surface area contributed by atoms with Gasteiger partial charge in [-0.25, -0.2) is 0 Å². The van der Waals surface area contributed by atoms with Crippen LogP contribution in [-0.2, 0) is 6.42 Å². The van der Waals surface area contributed by atoms with Gasteiger partial charge in [0.05, 0.1) is 0 Å². The predicted octanol–water partition coefficient (Wildman–Crippen LogP) is 2.73. The third kappa shape index (κ3) is 2.60. The summed E-state index contributed by atoms with van der Waals surface area (Å²) in [5.74, 6) is 0.237. The minimum absolute atomic E-state index is 0.290. The van der Waals surface area contributed by atoms with E-state index in [2.05, 4.69) is 24.1 Å². The number of nitrogens with two attached hydrogens (primary N) is 1. The first kappa shape index (κ1) is 15.3. The average molecular weight is 301 g/mol. The van der Waals surface area contributed by atoms with E-state index in [1.807, 2.05) is 12.1 Å². The second kappa shape index (κ2) is 6.29. The van der Waals surface area contributed by atoms with Gasteiger partial charge in [0.25, 0.3) is 0 Å². The molecule has 120 valence electrons.